The van der Waals surface area contributed by atoms with Crippen molar-refractivity contribution in [2.45, 2.75) is 57.4 Å². The molecule has 1 aliphatic carbocycles. The second-order valence-corrected chi connectivity index (χ2v) is 10.7. The number of carbonyl (C=O) groups is 2. The summed E-state index contributed by atoms with van der Waals surface area (Å²) in [4.78, 5) is 26.3. The largest absolute Gasteiger partial charge is 0.511 e. The van der Waals surface area contributed by atoms with E-state index in [4.69, 9.17) is 4.74 Å². The fourth-order valence-electron chi connectivity index (χ4n) is 3.97. The Kier molecular flexibility index (Phi) is 6.92. The molecule has 1 fully saturated rings. The van der Waals surface area contributed by atoms with Crippen LogP contribution in [-0.4, -0.2) is 47.7 Å². The molecule has 0 atom stereocenters. The lowest BCUT2D eigenvalue weighted by molar-refractivity contribution is -0.124. The number of rotatable bonds is 6. The van der Waals surface area contributed by atoms with Crippen LogP contribution in [0.2, 0.25) is 0 Å². The van der Waals surface area contributed by atoms with Crippen molar-refractivity contribution in [2.24, 2.45) is 11.8 Å². The van der Waals surface area contributed by atoms with Crippen molar-refractivity contribution in [3.05, 3.63) is 30.5 Å². The molecule has 1 heterocycles. The number of nitrogens with zero attached hydrogens (tertiary/aromatic N) is 3. The maximum atomic E-state index is 13.4. The van der Waals surface area contributed by atoms with Gasteiger partial charge >= 0.3 is 6.16 Å². The number of aromatic nitrogens is 2. The molecule has 1 saturated carbocycles. The molecule has 1 N–H and O–H groups in total. The predicted molar refractivity (Wildman–Crippen MR) is 119 cm³/mol. The molecule has 9 nitrogen and oxygen atoms in total. The van der Waals surface area contributed by atoms with Gasteiger partial charge in [-0.3, -0.25) is 9.69 Å². The maximum absolute atomic E-state index is 13.4. The van der Waals surface area contributed by atoms with Crippen molar-refractivity contribution in [3.63, 3.8) is 0 Å². The first-order chi connectivity index (χ1) is 15.0. The fourth-order valence-corrected chi connectivity index (χ4v) is 4.60. The third-order valence-electron chi connectivity index (χ3n) is 5.74. The van der Waals surface area contributed by atoms with Gasteiger partial charge in [0.1, 0.15) is 0 Å². The van der Waals surface area contributed by atoms with Gasteiger partial charge in [-0.25, -0.2) is 17.9 Å². The van der Waals surface area contributed by atoms with E-state index in [-0.39, 0.29) is 34.3 Å². The topological polar surface area (TPSA) is 119 Å². The average molecular weight is 464 g/mol. The van der Waals surface area contributed by atoms with Crippen LogP contribution in [-0.2, 0) is 14.6 Å². The zero-order valence-electron chi connectivity index (χ0n) is 18.7. The minimum Gasteiger partial charge on any atom is -0.449 e. The Morgan fingerprint density at radius 2 is 1.75 bits per heavy atom. The quantitative estimate of drug-likeness (QED) is 0.645. The van der Waals surface area contributed by atoms with E-state index in [1.807, 2.05) is 13.8 Å². The summed E-state index contributed by atoms with van der Waals surface area (Å²) < 4.78 is 29.8. The van der Waals surface area contributed by atoms with Gasteiger partial charge in [-0.2, -0.15) is 0 Å². The lowest BCUT2D eigenvalue weighted by Crippen LogP contribution is -2.42. The molecule has 2 aromatic rings. The maximum Gasteiger partial charge on any atom is 0.511 e. The molecule has 32 heavy (non-hydrogen) atoms. The Labute approximate surface area is 187 Å². The smallest absolute Gasteiger partial charge is 0.449 e. The van der Waals surface area contributed by atoms with Crippen molar-refractivity contribution in [3.8, 4) is 11.4 Å². The fraction of sp³-hybridized carbons (Fsp3) is 0.500. The van der Waals surface area contributed by atoms with E-state index in [1.165, 1.54) is 27.9 Å². The average Bonchev–Trinajstić information content (AvgIpc) is 3.10. The predicted octanol–water partition coefficient (Wildman–Crippen LogP) is 3.90. The van der Waals surface area contributed by atoms with Crippen LogP contribution < -0.4 is 9.64 Å². The summed E-state index contributed by atoms with van der Waals surface area (Å²) in [6.07, 6.45) is 4.50. The zero-order valence-corrected chi connectivity index (χ0v) is 19.5. The summed E-state index contributed by atoms with van der Waals surface area (Å²) in [7, 11) is -3.36. The molecule has 0 saturated heterocycles. The Morgan fingerprint density at radius 1 is 1.16 bits per heavy atom. The second kappa shape index (κ2) is 9.32. The van der Waals surface area contributed by atoms with Crippen LogP contribution in [0.15, 0.2) is 35.4 Å². The Bertz CT molecular complexity index is 1080. The van der Waals surface area contributed by atoms with Crippen LogP contribution in [0.3, 0.4) is 0 Å². The van der Waals surface area contributed by atoms with Crippen LogP contribution >= 0.6 is 0 Å². The second-order valence-electron chi connectivity index (χ2n) is 8.65. The van der Waals surface area contributed by atoms with Gasteiger partial charge in [0, 0.05) is 18.2 Å². The summed E-state index contributed by atoms with van der Waals surface area (Å²) in [6, 6.07) is 5.73. The number of anilines is 1. The molecular weight excluding hydrogens is 434 g/mol. The molecule has 1 amide bonds. The minimum absolute atomic E-state index is 0.0593. The molecule has 1 aromatic heterocycles. The summed E-state index contributed by atoms with van der Waals surface area (Å²) >= 11 is 0. The molecule has 3 rings (SSSR count). The van der Waals surface area contributed by atoms with Crippen molar-refractivity contribution in [1.29, 1.82) is 0 Å². The first kappa shape index (κ1) is 23.8. The number of sulfone groups is 1. The van der Waals surface area contributed by atoms with E-state index in [0.29, 0.717) is 11.6 Å². The Hall–Kier alpha value is -2.88. The highest BCUT2D eigenvalue weighted by Crippen LogP contribution is 2.35. The van der Waals surface area contributed by atoms with E-state index in [0.717, 1.165) is 31.9 Å². The van der Waals surface area contributed by atoms with Crippen LogP contribution in [0, 0.1) is 11.8 Å². The van der Waals surface area contributed by atoms with Gasteiger partial charge in [-0.15, -0.1) is 5.10 Å². The van der Waals surface area contributed by atoms with Gasteiger partial charge in [0.2, 0.25) is 11.7 Å². The van der Waals surface area contributed by atoms with E-state index in [2.05, 4.69) is 12.0 Å². The molecular formula is C22H29N3O6S. The molecule has 0 aliphatic heterocycles. The first-order valence-corrected chi connectivity index (χ1v) is 12.5. The molecule has 0 spiro atoms. The van der Waals surface area contributed by atoms with Crippen LogP contribution in [0.1, 0.15) is 46.5 Å². The van der Waals surface area contributed by atoms with Gasteiger partial charge in [-0.1, -0.05) is 6.92 Å². The lowest BCUT2D eigenvalue weighted by atomic mass is 9.82. The SMILES string of the molecule is CC1CCC(C(=O)N(c2nn(-c3ccc(S(C)(=O)=O)cc3)cc2OC(=O)O)C(C)C)CC1. The third-order valence-corrected chi connectivity index (χ3v) is 6.86. The van der Waals surface area contributed by atoms with E-state index in [1.54, 1.807) is 12.1 Å². The molecule has 0 radical (unpaired) electrons. The number of amides is 1. The molecule has 1 aliphatic rings. The highest BCUT2D eigenvalue weighted by Gasteiger charge is 2.34. The highest BCUT2D eigenvalue weighted by molar-refractivity contribution is 7.90. The first-order valence-electron chi connectivity index (χ1n) is 10.6. The zero-order chi connectivity index (χ0) is 23.6. The number of ether oxygens (including phenoxy) is 1. The Balaban J connectivity index is 2.00. The van der Waals surface area contributed by atoms with Gasteiger partial charge in [0.05, 0.1) is 16.8 Å². The minimum atomic E-state index is -3.36. The van der Waals surface area contributed by atoms with Gasteiger partial charge in [-0.05, 0) is 69.7 Å². The summed E-state index contributed by atoms with van der Waals surface area (Å²) in [5, 5.41) is 13.7. The lowest BCUT2D eigenvalue weighted by Gasteiger charge is -2.32. The van der Waals surface area contributed by atoms with Crippen molar-refractivity contribution >= 4 is 27.7 Å². The van der Waals surface area contributed by atoms with Gasteiger partial charge < -0.3 is 9.84 Å². The van der Waals surface area contributed by atoms with Crippen molar-refractivity contribution < 1.29 is 27.9 Å². The monoisotopic (exact) mass is 463 g/mol. The van der Waals surface area contributed by atoms with E-state index in [9.17, 15) is 23.1 Å². The molecule has 0 unspecified atom stereocenters. The van der Waals surface area contributed by atoms with Crippen LogP contribution in [0.5, 0.6) is 5.75 Å². The summed E-state index contributed by atoms with van der Waals surface area (Å²) in [5.41, 5.74) is 0.501. The normalized spacial score (nSPS) is 19.0. The molecule has 10 heteroatoms. The van der Waals surface area contributed by atoms with Gasteiger partial charge in [0.25, 0.3) is 0 Å². The van der Waals surface area contributed by atoms with Crippen molar-refractivity contribution in [1.82, 2.24) is 9.78 Å². The highest BCUT2D eigenvalue weighted by atomic mass is 32.2. The van der Waals surface area contributed by atoms with Crippen molar-refractivity contribution in [2.75, 3.05) is 11.2 Å². The number of carbonyl (C=O) groups excluding carboxylic acids is 1. The number of carboxylic acid groups (broad SMARTS) is 1. The number of hydrogen-bond acceptors (Lipinski definition) is 6. The Morgan fingerprint density at radius 3 is 2.25 bits per heavy atom. The van der Waals surface area contributed by atoms with Crippen LogP contribution in [0.25, 0.3) is 5.69 Å². The van der Waals surface area contributed by atoms with Crippen LogP contribution in [0.4, 0.5) is 10.6 Å². The van der Waals surface area contributed by atoms with E-state index >= 15 is 0 Å². The number of benzene rings is 1. The summed E-state index contributed by atoms with van der Waals surface area (Å²) in [6.45, 7) is 5.86. The van der Waals surface area contributed by atoms with E-state index < -0.39 is 16.0 Å². The standard InChI is InChI=1S/C22H29N3O6S/c1-14(2)25(21(26)16-7-5-15(3)6-8-16)20-19(31-22(27)28)13-24(23-20)17-9-11-18(12-10-17)32(4,29)30/h9-16H,5-8H2,1-4H3,(H,27,28). The summed E-state index contributed by atoms with van der Waals surface area (Å²) in [5.74, 6) is 0.408. The third kappa shape index (κ3) is 5.29. The van der Waals surface area contributed by atoms with Gasteiger partial charge in [0.15, 0.2) is 15.6 Å². The molecule has 174 valence electrons. The molecule has 0 bridgehead atoms. The number of hydrogen-bond donors (Lipinski definition) is 1. The molecule has 1 aromatic carbocycles.